The van der Waals surface area contributed by atoms with Gasteiger partial charge < -0.3 is 9.31 Å². The Morgan fingerprint density at radius 2 is 1.54 bits per heavy atom. The Balaban J connectivity index is 1.68. The van der Waals surface area contributed by atoms with E-state index in [9.17, 15) is 9.59 Å². The predicted octanol–water partition coefficient (Wildman–Crippen LogP) is 4.83. The van der Waals surface area contributed by atoms with Crippen molar-refractivity contribution in [3.05, 3.63) is 75.6 Å². The number of aromatic nitrogens is 3. The van der Waals surface area contributed by atoms with Crippen LogP contribution in [0.25, 0.3) is 5.69 Å². The van der Waals surface area contributed by atoms with Crippen LogP contribution in [0.3, 0.4) is 0 Å². The maximum absolute atomic E-state index is 13.8. The molecule has 3 aliphatic heterocycles. The summed E-state index contributed by atoms with van der Waals surface area (Å²) in [4.78, 5) is 27.4. The Labute approximate surface area is 207 Å². The first kappa shape index (κ1) is 24.1. The smallest absolute Gasteiger partial charge is 0.403 e. The van der Waals surface area contributed by atoms with E-state index >= 15 is 0 Å². The first-order chi connectivity index (χ1) is 16.6. The van der Waals surface area contributed by atoms with Gasteiger partial charge in [-0.3, -0.25) is 0 Å². The Morgan fingerprint density at radius 1 is 0.914 bits per heavy atom. The lowest BCUT2D eigenvalue weighted by atomic mass is 9.45. The van der Waals surface area contributed by atoms with Crippen LogP contribution in [0.2, 0.25) is 5.31 Å². The van der Waals surface area contributed by atoms with Crippen LogP contribution >= 0.6 is 0 Å². The lowest BCUT2D eigenvalue weighted by Gasteiger charge is -2.51. The van der Waals surface area contributed by atoms with E-state index in [1.165, 1.54) is 4.57 Å². The molecule has 1 saturated heterocycles. The molecule has 4 heterocycles. The lowest BCUT2D eigenvalue weighted by Crippen LogP contribution is -2.54. The van der Waals surface area contributed by atoms with E-state index in [4.69, 9.17) is 9.31 Å². The van der Waals surface area contributed by atoms with Gasteiger partial charge in [-0.15, -0.1) is 0 Å². The van der Waals surface area contributed by atoms with Crippen LogP contribution in [0.15, 0.2) is 64.2 Å². The standard InChI is InChI=1S/C27H36BN3O4/c1-7-8-9-13-18-27(28-34-25(3,4)26(5,6)35-28)19(2)21-16-17-22(27)31-24(33)29(23(32)30(21)31)20-14-11-10-12-15-20/h10-12,14-17,21-22H,2,7-9,13,18H2,1,3-6H3. The topological polar surface area (TPSA) is 67.4 Å². The number of hydrogen-bond acceptors (Lipinski definition) is 4. The molecule has 6 rings (SSSR count). The van der Waals surface area contributed by atoms with Crippen molar-refractivity contribution in [3.63, 3.8) is 0 Å². The van der Waals surface area contributed by atoms with Crippen LogP contribution in [0.5, 0.6) is 0 Å². The van der Waals surface area contributed by atoms with Gasteiger partial charge in [0.2, 0.25) is 0 Å². The van der Waals surface area contributed by atoms with Crippen molar-refractivity contribution in [1.82, 2.24) is 13.9 Å². The number of hydrogen-bond donors (Lipinski definition) is 0. The van der Waals surface area contributed by atoms with Gasteiger partial charge in [-0.2, -0.15) is 0 Å². The van der Waals surface area contributed by atoms with Gasteiger partial charge in [0.1, 0.15) is 0 Å². The van der Waals surface area contributed by atoms with Crippen LogP contribution in [0.1, 0.15) is 78.8 Å². The van der Waals surface area contributed by atoms with Crippen molar-refractivity contribution in [2.24, 2.45) is 0 Å². The quantitative estimate of drug-likeness (QED) is 0.326. The molecule has 35 heavy (non-hydrogen) atoms. The summed E-state index contributed by atoms with van der Waals surface area (Å²) >= 11 is 0. The molecular formula is C27H36BN3O4. The molecule has 1 aromatic heterocycles. The van der Waals surface area contributed by atoms with Crippen molar-refractivity contribution in [3.8, 4) is 5.69 Å². The average molecular weight is 477 g/mol. The summed E-state index contributed by atoms with van der Waals surface area (Å²) in [6, 6.07) is 8.23. The van der Waals surface area contributed by atoms with Crippen molar-refractivity contribution < 1.29 is 9.31 Å². The summed E-state index contributed by atoms with van der Waals surface area (Å²) in [5.41, 5.74) is -0.291. The molecule has 0 radical (unpaired) electrons. The highest BCUT2D eigenvalue weighted by Gasteiger charge is 2.66. The van der Waals surface area contributed by atoms with Crippen molar-refractivity contribution in [2.75, 3.05) is 0 Å². The zero-order chi connectivity index (χ0) is 25.2. The van der Waals surface area contributed by atoms with E-state index in [1.54, 1.807) is 21.5 Å². The average Bonchev–Trinajstić information content (AvgIpc) is 3.22. The minimum atomic E-state index is -0.655. The van der Waals surface area contributed by atoms with E-state index in [0.717, 1.165) is 37.7 Å². The van der Waals surface area contributed by atoms with Gasteiger partial charge in [0.25, 0.3) is 0 Å². The van der Waals surface area contributed by atoms with Gasteiger partial charge in [-0.1, -0.05) is 69.5 Å². The highest BCUT2D eigenvalue weighted by molar-refractivity contribution is 6.51. The molecule has 0 amide bonds. The van der Waals surface area contributed by atoms with E-state index in [-0.39, 0.29) is 11.4 Å². The Hall–Kier alpha value is -2.58. The lowest BCUT2D eigenvalue weighted by molar-refractivity contribution is 0.00578. The molecule has 0 saturated carbocycles. The fraction of sp³-hybridized carbons (Fsp3) is 0.556. The highest BCUT2D eigenvalue weighted by Crippen LogP contribution is 2.63. The van der Waals surface area contributed by atoms with Crippen molar-refractivity contribution >= 4 is 7.12 Å². The molecule has 3 atom stereocenters. The third kappa shape index (κ3) is 3.33. The molecule has 1 aromatic carbocycles. The van der Waals surface area contributed by atoms with Gasteiger partial charge in [0, 0.05) is 0 Å². The van der Waals surface area contributed by atoms with Gasteiger partial charge >= 0.3 is 18.5 Å². The molecule has 2 aromatic rings. The second-order valence-corrected chi connectivity index (χ2v) is 11.2. The van der Waals surface area contributed by atoms with Crippen molar-refractivity contribution in [2.45, 2.75) is 95.3 Å². The molecule has 0 spiro atoms. The van der Waals surface area contributed by atoms with Gasteiger partial charge in [0.05, 0.1) is 34.3 Å². The number of unbranched alkanes of at least 4 members (excludes halogenated alkanes) is 3. The molecule has 0 N–H and O–H groups in total. The Kier molecular flexibility index (Phi) is 5.68. The van der Waals surface area contributed by atoms with Gasteiger partial charge in [-0.25, -0.2) is 23.5 Å². The third-order valence-corrected chi connectivity index (χ3v) is 8.62. The van der Waals surface area contributed by atoms with Gasteiger partial charge in [-0.05, 0) is 51.8 Å². The summed E-state index contributed by atoms with van der Waals surface area (Å²) < 4.78 is 17.7. The highest BCUT2D eigenvalue weighted by atomic mass is 16.7. The fourth-order valence-electron chi connectivity index (χ4n) is 5.88. The molecule has 4 aliphatic rings. The van der Waals surface area contributed by atoms with E-state index < -0.39 is 35.7 Å². The molecule has 2 bridgehead atoms. The van der Waals surface area contributed by atoms with Crippen LogP contribution < -0.4 is 11.4 Å². The van der Waals surface area contributed by atoms with E-state index in [2.05, 4.69) is 19.6 Å². The van der Waals surface area contributed by atoms with E-state index in [1.807, 2.05) is 52.0 Å². The number of nitrogens with zero attached hydrogens (tertiary/aromatic N) is 3. The monoisotopic (exact) mass is 477 g/mol. The molecule has 3 unspecified atom stereocenters. The number of fused-ring (bicyclic) bond motifs is 1. The Morgan fingerprint density at radius 3 is 2.17 bits per heavy atom. The van der Waals surface area contributed by atoms with E-state index in [0.29, 0.717) is 5.69 Å². The van der Waals surface area contributed by atoms with Crippen LogP contribution in [-0.4, -0.2) is 32.3 Å². The van der Waals surface area contributed by atoms with Crippen LogP contribution in [0.4, 0.5) is 0 Å². The maximum atomic E-state index is 13.8. The van der Waals surface area contributed by atoms with Crippen LogP contribution in [0, 0.1) is 0 Å². The number of benzene rings is 1. The van der Waals surface area contributed by atoms with Crippen LogP contribution in [-0.2, 0) is 9.31 Å². The summed E-state index contributed by atoms with van der Waals surface area (Å²) in [6.07, 6.45) is 9.15. The minimum Gasteiger partial charge on any atom is -0.403 e. The molecule has 1 aliphatic carbocycles. The zero-order valence-electron chi connectivity index (χ0n) is 21.5. The molecule has 1 fully saturated rings. The normalized spacial score (nSPS) is 28.0. The van der Waals surface area contributed by atoms with Crippen molar-refractivity contribution in [1.29, 1.82) is 0 Å². The minimum absolute atomic E-state index is 0.345. The second-order valence-electron chi connectivity index (χ2n) is 11.2. The maximum Gasteiger partial charge on any atom is 0.471 e. The second kappa shape index (κ2) is 8.24. The first-order valence-electron chi connectivity index (χ1n) is 12.8. The first-order valence-corrected chi connectivity index (χ1v) is 12.8. The third-order valence-electron chi connectivity index (χ3n) is 8.62. The SMILES string of the molecule is C=C1C2C=CC(n3c(=O)n(-c4ccccc4)c(=O)n32)C1(CCCCCC)B1OC(C)(C)C(C)(C)O1. The fourth-order valence-corrected chi connectivity index (χ4v) is 5.88. The number of rotatable bonds is 7. The van der Waals surface area contributed by atoms with Gasteiger partial charge in [0.15, 0.2) is 0 Å². The molecular weight excluding hydrogens is 441 g/mol. The summed E-state index contributed by atoms with van der Waals surface area (Å²) in [5.74, 6) is 0. The number of para-hydroxylation sites is 1. The summed E-state index contributed by atoms with van der Waals surface area (Å²) in [7, 11) is -0.574. The summed E-state index contributed by atoms with van der Waals surface area (Å²) in [6.45, 7) is 14.9. The molecule has 8 heteroatoms. The number of allylic oxidation sites excluding steroid dienone is 3. The molecule has 186 valence electrons. The summed E-state index contributed by atoms with van der Waals surface area (Å²) in [5, 5.41) is -0.655. The largest absolute Gasteiger partial charge is 0.471 e. The molecule has 7 nitrogen and oxygen atoms in total. The predicted molar refractivity (Wildman–Crippen MR) is 138 cm³/mol. The Bertz CT molecular complexity index is 1270. The zero-order valence-corrected chi connectivity index (χ0v) is 21.5.